The molecule has 1 heterocycles. The topological polar surface area (TPSA) is 38.8 Å². The van der Waals surface area contributed by atoms with Crippen molar-refractivity contribution < 1.29 is 14.4 Å². The molecule has 4 rings (SSSR count). The predicted molar refractivity (Wildman–Crippen MR) is 98.3 cm³/mol. The van der Waals surface area contributed by atoms with Gasteiger partial charge in [-0.15, -0.1) is 0 Å². The number of rotatable bonds is 5. The van der Waals surface area contributed by atoms with Crippen molar-refractivity contribution in [1.82, 2.24) is 5.06 Å². The molecule has 0 bridgehead atoms. The zero-order chi connectivity index (χ0) is 17.8. The van der Waals surface area contributed by atoms with Crippen LogP contribution in [0.15, 0.2) is 91.0 Å². The highest BCUT2D eigenvalue weighted by molar-refractivity contribution is 5.68. The molecule has 1 fully saturated rings. The Bertz CT molecular complexity index is 769. The number of carbonyl (C=O) groups is 1. The Balaban J connectivity index is 1.95. The van der Waals surface area contributed by atoms with Crippen LogP contribution in [0.5, 0.6) is 0 Å². The summed E-state index contributed by atoms with van der Waals surface area (Å²) in [5.74, 6) is 0. The van der Waals surface area contributed by atoms with E-state index in [0.29, 0.717) is 13.2 Å². The number of hydrogen-bond donors (Lipinski definition) is 0. The Morgan fingerprint density at radius 2 is 1.15 bits per heavy atom. The van der Waals surface area contributed by atoms with E-state index >= 15 is 0 Å². The first kappa shape index (κ1) is 16.4. The summed E-state index contributed by atoms with van der Waals surface area (Å²) in [4.78, 5) is 18.6. The SMILES string of the molecule is O=C1OCCN1OC(c1ccccc1)(c1ccccc1)c1ccccc1. The first-order chi connectivity index (χ1) is 12.8. The number of cyclic esters (lactones) is 1. The Kier molecular flexibility index (Phi) is 4.42. The van der Waals surface area contributed by atoms with Gasteiger partial charge in [-0.25, -0.2) is 9.63 Å². The van der Waals surface area contributed by atoms with Gasteiger partial charge in [-0.3, -0.25) is 0 Å². The van der Waals surface area contributed by atoms with E-state index in [9.17, 15) is 4.79 Å². The second-order valence-electron chi connectivity index (χ2n) is 6.09. The molecule has 1 aliphatic rings. The van der Waals surface area contributed by atoms with Crippen molar-refractivity contribution in [2.75, 3.05) is 13.2 Å². The van der Waals surface area contributed by atoms with Crippen molar-refractivity contribution in [3.8, 4) is 0 Å². The lowest BCUT2D eigenvalue weighted by Gasteiger charge is -2.37. The van der Waals surface area contributed by atoms with Crippen LogP contribution in [-0.2, 0) is 15.2 Å². The molecule has 3 aromatic rings. The van der Waals surface area contributed by atoms with Gasteiger partial charge in [0.2, 0.25) is 0 Å². The molecule has 0 unspecified atom stereocenters. The van der Waals surface area contributed by atoms with Gasteiger partial charge in [-0.1, -0.05) is 91.0 Å². The Morgan fingerprint density at radius 3 is 1.50 bits per heavy atom. The average molecular weight is 345 g/mol. The highest BCUT2D eigenvalue weighted by Gasteiger charge is 2.42. The smallest absolute Gasteiger partial charge is 0.434 e. The zero-order valence-corrected chi connectivity index (χ0v) is 14.2. The van der Waals surface area contributed by atoms with Gasteiger partial charge in [0, 0.05) is 0 Å². The number of benzene rings is 3. The van der Waals surface area contributed by atoms with Crippen molar-refractivity contribution in [2.45, 2.75) is 5.60 Å². The molecule has 3 aromatic carbocycles. The molecular weight excluding hydrogens is 326 g/mol. The monoisotopic (exact) mass is 345 g/mol. The standard InChI is InChI=1S/C22H19NO3/c24-21-23(16-17-25-21)26-22(18-10-4-1-5-11-18,19-12-6-2-7-13-19)20-14-8-3-9-15-20/h1-15H,16-17H2. The third-order valence-corrected chi connectivity index (χ3v) is 4.51. The third kappa shape index (κ3) is 2.85. The molecule has 1 amide bonds. The average Bonchev–Trinajstić information content (AvgIpc) is 3.12. The summed E-state index contributed by atoms with van der Waals surface area (Å²) < 4.78 is 5.08. The van der Waals surface area contributed by atoms with Gasteiger partial charge in [-0.2, -0.15) is 5.06 Å². The number of hydroxylamine groups is 2. The minimum absolute atomic E-state index is 0.327. The summed E-state index contributed by atoms with van der Waals surface area (Å²) in [5.41, 5.74) is 1.87. The maximum absolute atomic E-state index is 12.1. The largest absolute Gasteiger partial charge is 0.446 e. The van der Waals surface area contributed by atoms with Crippen molar-refractivity contribution in [1.29, 1.82) is 0 Å². The van der Waals surface area contributed by atoms with E-state index in [2.05, 4.69) is 0 Å². The summed E-state index contributed by atoms with van der Waals surface area (Å²) in [6.45, 7) is 0.723. The Morgan fingerprint density at radius 1 is 0.731 bits per heavy atom. The van der Waals surface area contributed by atoms with Crippen LogP contribution in [0.3, 0.4) is 0 Å². The number of nitrogens with zero attached hydrogens (tertiary/aromatic N) is 1. The van der Waals surface area contributed by atoms with Crippen molar-refractivity contribution in [2.24, 2.45) is 0 Å². The van der Waals surface area contributed by atoms with Gasteiger partial charge in [0.05, 0.1) is 6.54 Å². The fourth-order valence-electron chi connectivity index (χ4n) is 3.30. The molecule has 0 atom stereocenters. The lowest BCUT2D eigenvalue weighted by molar-refractivity contribution is -0.179. The van der Waals surface area contributed by atoms with Crippen LogP contribution in [0.4, 0.5) is 4.79 Å². The van der Waals surface area contributed by atoms with Crippen LogP contribution >= 0.6 is 0 Å². The molecular formula is C22H19NO3. The van der Waals surface area contributed by atoms with Gasteiger partial charge in [0.1, 0.15) is 6.61 Å². The first-order valence-corrected chi connectivity index (χ1v) is 8.61. The van der Waals surface area contributed by atoms with E-state index in [1.807, 2.05) is 91.0 Å². The molecule has 130 valence electrons. The highest BCUT2D eigenvalue weighted by Crippen LogP contribution is 2.41. The summed E-state index contributed by atoms with van der Waals surface area (Å²) in [6.07, 6.45) is -0.461. The van der Waals surface area contributed by atoms with Gasteiger partial charge < -0.3 is 4.74 Å². The lowest BCUT2D eigenvalue weighted by atomic mass is 9.80. The van der Waals surface area contributed by atoms with Crippen LogP contribution in [0, 0.1) is 0 Å². The fraction of sp³-hybridized carbons (Fsp3) is 0.136. The van der Waals surface area contributed by atoms with E-state index in [4.69, 9.17) is 9.57 Å². The predicted octanol–water partition coefficient (Wildman–Crippen LogP) is 4.36. The van der Waals surface area contributed by atoms with Crippen LogP contribution in [0.2, 0.25) is 0 Å². The van der Waals surface area contributed by atoms with E-state index in [1.54, 1.807) is 0 Å². The lowest BCUT2D eigenvalue weighted by Crippen LogP contribution is -2.41. The van der Waals surface area contributed by atoms with E-state index in [1.165, 1.54) is 5.06 Å². The zero-order valence-electron chi connectivity index (χ0n) is 14.2. The number of amides is 1. The summed E-state index contributed by atoms with van der Waals surface area (Å²) in [5, 5.41) is 1.31. The maximum atomic E-state index is 12.1. The minimum atomic E-state index is -0.951. The third-order valence-electron chi connectivity index (χ3n) is 4.51. The van der Waals surface area contributed by atoms with Crippen LogP contribution < -0.4 is 0 Å². The van der Waals surface area contributed by atoms with E-state index in [0.717, 1.165) is 16.7 Å². The molecule has 0 spiro atoms. The van der Waals surface area contributed by atoms with Crippen LogP contribution in [0.25, 0.3) is 0 Å². The minimum Gasteiger partial charge on any atom is -0.446 e. The fourth-order valence-corrected chi connectivity index (χ4v) is 3.30. The molecule has 0 saturated carbocycles. The molecule has 0 radical (unpaired) electrons. The molecule has 0 N–H and O–H groups in total. The Hall–Kier alpha value is -3.11. The normalized spacial score (nSPS) is 14.3. The van der Waals surface area contributed by atoms with Crippen molar-refractivity contribution >= 4 is 6.09 Å². The molecule has 4 nitrogen and oxygen atoms in total. The summed E-state index contributed by atoms with van der Waals surface area (Å²) in [7, 11) is 0. The van der Waals surface area contributed by atoms with Gasteiger partial charge in [0.15, 0.2) is 5.60 Å². The van der Waals surface area contributed by atoms with Crippen molar-refractivity contribution in [3.63, 3.8) is 0 Å². The number of ether oxygens (including phenoxy) is 1. The van der Waals surface area contributed by atoms with Gasteiger partial charge >= 0.3 is 6.09 Å². The number of hydrogen-bond acceptors (Lipinski definition) is 3. The van der Waals surface area contributed by atoms with E-state index in [-0.39, 0.29) is 0 Å². The molecule has 0 aromatic heterocycles. The van der Waals surface area contributed by atoms with Crippen LogP contribution in [-0.4, -0.2) is 24.3 Å². The quantitative estimate of drug-likeness (QED) is 0.645. The molecule has 1 saturated heterocycles. The second-order valence-corrected chi connectivity index (χ2v) is 6.09. The van der Waals surface area contributed by atoms with Crippen LogP contribution in [0.1, 0.15) is 16.7 Å². The maximum Gasteiger partial charge on any atom is 0.434 e. The van der Waals surface area contributed by atoms with Crippen molar-refractivity contribution in [3.05, 3.63) is 108 Å². The molecule has 26 heavy (non-hydrogen) atoms. The first-order valence-electron chi connectivity index (χ1n) is 8.61. The van der Waals surface area contributed by atoms with Gasteiger partial charge in [0.25, 0.3) is 0 Å². The Labute approximate surface area is 152 Å². The van der Waals surface area contributed by atoms with E-state index < -0.39 is 11.7 Å². The van der Waals surface area contributed by atoms with Gasteiger partial charge in [-0.05, 0) is 16.7 Å². The summed E-state index contributed by atoms with van der Waals surface area (Å²) >= 11 is 0. The second kappa shape index (κ2) is 7.02. The molecule has 1 aliphatic heterocycles. The molecule has 0 aliphatic carbocycles. The highest BCUT2D eigenvalue weighted by atomic mass is 16.8. The summed E-state index contributed by atoms with van der Waals surface area (Å²) in [6, 6.07) is 29.8. The number of carbonyl (C=O) groups excluding carboxylic acids is 1. The molecule has 4 heteroatoms.